The van der Waals surface area contributed by atoms with Crippen LogP contribution in [0.4, 0.5) is 0 Å². The van der Waals surface area contributed by atoms with Crippen molar-refractivity contribution in [1.82, 2.24) is 0 Å². The number of hydrogen-bond acceptors (Lipinski definition) is 2. The first-order valence-electron chi connectivity index (χ1n) is 4.22. The normalized spacial score (nSPS) is 14.7. The molecule has 1 unspecified atom stereocenters. The molecule has 0 amide bonds. The van der Waals surface area contributed by atoms with Gasteiger partial charge in [-0.25, -0.2) is 0 Å². The molecule has 0 aromatic heterocycles. The predicted molar refractivity (Wildman–Crippen MR) is 61.0 cm³/mol. The summed E-state index contributed by atoms with van der Waals surface area (Å²) >= 11 is 9.15. The third-order valence-corrected chi connectivity index (χ3v) is 2.81. The largest absolute Gasteiger partial charge is 0.481 e. The molecule has 1 aromatic rings. The van der Waals surface area contributed by atoms with Crippen molar-refractivity contribution in [3.63, 3.8) is 0 Å². The maximum Gasteiger partial charge on any atom is 0.306 e. The zero-order valence-electron chi connectivity index (χ0n) is 8.00. The smallest absolute Gasteiger partial charge is 0.306 e. The summed E-state index contributed by atoms with van der Waals surface area (Å²) in [6.45, 7) is 1.43. The standard InChI is InChI=1S/C10H10BrClO3/c1-10(15,5-9(13)14)7-3-2-6(11)4-8(7)12/h2-4,15H,5H2,1H3,(H,13,14). The van der Waals surface area contributed by atoms with Gasteiger partial charge in [0.25, 0.3) is 0 Å². The van der Waals surface area contributed by atoms with Gasteiger partial charge in [0.2, 0.25) is 0 Å². The number of hydrogen-bond donors (Lipinski definition) is 2. The Hall–Kier alpha value is -0.580. The molecule has 0 bridgehead atoms. The fourth-order valence-electron chi connectivity index (χ4n) is 1.32. The summed E-state index contributed by atoms with van der Waals surface area (Å²) in [7, 11) is 0. The van der Waals surface area contributed by atoms with Crippen LogP contribution in [0.15, 0.2) is 22.7 Å². The monoisotopic (exact) mass is 292 g/mol. The first-order chi connectivity index (χ1) is 6.83. The third-order valence-electron chi connectivity index (χ3n) is 2.01. The molecule has 3 nitrogen and oxygen atoms in total. The lowest BCUT2D eigenvalue weighted by Crippen LogP contribution is -2.25. The first-order valence-corrected chi connectivity index (χ1v) is 5.40. The average Bonchev–Trinajstić information content (AvgIpc) is 1.99. The molecule has 0 saturated heterocycles. The Morgan fingerprint density at radius 3 is 2.67 bits per heavy atom. The minimum absolute atomic E-state index is 0.343. The molecule has 0 aliphatic heterocycles. The van der Waals surface area contributed by atoms with Crippen molar-refractivity contribution < 1.29 is 15.0 Å². The topological polar surface area (TPSA) is 57.5 Å². The van der Waals surface area contributed by atoms with Gasteiger partial charge in [0, 0.05) is 15.1 Å². The molecule has 2 N–H and O–H groups in total. The molecule has 1 rings (SSSR count). The third kappa shape index (κ3) is 3.19. The van der Waals surface area contributed by atoms with Crippen LogP contribution in [0.5, 0.6) is 0 Å². The van der Waals surface area contributed by atoms with Crippen LogP contribution in [-0.2, 0) is 10.4 Å². The summed E-state index contributed by atoms with van der Waals surface area (Å²) in [6.07, 6.45) is -0.381. The molecular formula is C10H10BrClO3. The fraction of sp³-hybridized carbons (Fsp3) is 0.300. The maximum absolute atomic E-state index is 10.6. The zero-order valence-corrected chi connectivity index (χ0v) is 10.3. The molecule has 1 aromatic carbocycles. The van der Waals surface area contributed by atoms with Crippen molar-refractivity contribution in [2.24, 2.45) is 0 Å². The summed E-state index contributed by atoms with van der Waals surface area (Å²) in [6, 6.07) is 4.93. The van der Waals surface area contributed by atoms with E-state index >= 15 is 0 Å². The number of benzene rings is 1. The Bertz CT molecular complexity index is 390. The van der Waals surface area contributed by atoms with Crippen LogP contribution in [-0.4, -0.2) is 16.2 Å². The molecule has 0 spiro atoms. The molecule has 15 heavy (non-hydrogen) atoms. The van der Waals surface area contributed by atoms with Crippen molar-refractivity contribution in [1.29, 1.82) is 0 Å². The summed E-state index contributed by atoms with van der Waals surface area (Å²) in [5.74, 6) is -1.07. The second kappa shape index (κ2) is 4.51. The lowest BCUT2D eigenvalue weighted by atomic mass is 9.93. The van der Waals surface area contributed by atoms with E-state index in [9.17, 15) is 9.90 Å². The number of carboxylic acids is 1. The van der Waals surface area contributed by atoms with Crippen LogP contribution in [0.2, 0.25) is 5.02 Å². The van der Waals surface area contributed by atoms with Crippen LogP contribution in [0.1, 0.15) is 18.9 Å². The van der Waals surface area contributed by atoms with E-state index < -0.39 is 11.6 Å². The Morgan fingerprint density at radius 2 is 2.20 bits per heavy atom. The van der Waals surface area contributed by atoms with Crippen LogP contribution in [0.3, 0.4) is 0 Å². The van der Waals surface area contributed by atoms with Crippen molar-refractivity contribution in [3.05, 3.63) is 33.3 Å². The van der Waals surface area contributed by atoms with Crippen LogP contribution >= 0.6 is 27.5 Å². The van der Waals surface area contributed by atoms with E-state index in [1.54, 1.807) is 18.2 Å². The van der Waals surface area contributed by atoms with Gasteiger partial charge < -0.3 is 10.2 Å². The van der Waals surface area contributed by atoms with E-state index in [2.05, 4.69) is 15.9 Å². The maximum atomic E-state index is 10.6. The molecule has 0 aliphatic carbocycles. The molecule has 5 heteroatoms. The Balaban J connectivity index is 3.09. The average molecular weight is 294 g/mol. The van der Waals surface area contributed by atoms with E-state index in [1.165, 1.54) is 6.92 Å². The molecule has 0 radical (unpaired) electrons. The fourth-order valence-corrected chi connectivity index (χ4v) is 2.19. The zero-order chi connectivity index (χ0) is 11.6. The molecule has 82 valence electrons. The minimum Gasteiger partial charge on any atom is -0.481 e. The highest BCUT2D eigenvalue weighted by Crippen LogP contribution is 2.32. The van der Waals surface area contributed by atoms with Crippen molar-refractivity contribution in [3.8, 4) is 0 Å². The van der Waals surface area contributed by atoms with Gasteiger partial charge in [-0.15, -0.1) is 0 Å². The van der Waals surface area contributed by atoms with Gasteiger partial charge in [0.05, 0.1) is 12.0 Å². The molecule has 0 saturated carbocycles. The van der Waals surface area contributed by atoms with E-state index in [0.717, 1.165) is 4.47 Å². The number of halogens is 2. The summed E-state index contributed by atoms with van der Waals surface area (Å²) in [5, 5.41) is 18.9. The van der Waals surface area contributed by atoms with Crippen LogP contribution < -0.4 is 0 Å². The minimum atomic E-state index is -1.45. The van der Waals surface area contributed by atoms with Gasteiger partial charge in [0.1, 0.15) is 0 Å². The number of carbonyl (C=O) groups is 1. The Kier molecular flexibility index (Phi) is 3.76. The number of rotatable bonds is 3. The first kappa shape index (κ1) is 12.5. The van der Waals surface area contributed by atoms with Crippen molar-refractivity contribution in [2.45, 2.75) is 18.9 Å². The summed E-state index contributed by atoms with van der Waals surface area (Å²) in [5.41, 5.74) is -1.04. The molecule has 0 heterocycles. The van der Waals surface area contributed by atoms with Gasteiger partial charge in [-0.1, -0.05) is 33.6 Å². The van der Waals surface area contributed by atoms with E-state index in [1.807, 2.05) is 0 Å². The second-order valence-corrected chi connectivity index (χ2v) is 4.79. The highest BCUT2D eigenvalue weighted by Gasteiger charge is 2.28. The van der Waals surface area contributed by atoms with Crippen LogP contribution in [0.25, 0.3) is 0 Å². The van der Waals surface area contributed by atoms with Gasteiger partial charge in [-0.2, -0.15) is 0 Å². The number of carboxylic acid groups (broad SMARTS) is 1. The SMILES string of the molecule is CC(O)(CC(=O)O)c1ccc(Br)cc1Cl. The number of aliphatic carboxylic acids is 1. The van der Waals surface area contributed by atoms with Gasteiger partial charge in [-0.05, 0) is 19.1 Å². The van der Waals surface area contributed by atoms with Gasteiger partial charge >= 0.3 is 5.97 Å². The molecule has 1 atom stereocenters. The highest BCUT2D eigenvalue weighted by molar-refractivity contribution is 9.10. The van der Waals surface area contributed by atoms with E-state index in [-0.39, 0.29) is 6.42 Å². The summed E-state index contributed by atoms with van der Waals surface area (Å²) < 4.78 is 0.780. The second-order valence-electron chi connectivity index (χ2n) is 3.47. The molecule has 0 fully saturated rings. The quantitative estimate of drug-likeness (QED) is 0.901. The number of aliphatic hydroxyl groups is 1. The highest BCUT2D eigenvalue weighted by atomic mass is 79.9. The van der Waals surface area contributed by atoms with Gasteiger partial charge in [0.15, 0.2) is 0 Å². The van der Waals surface area contributed by atoms with E-state index in [4.69, 9.17) is 16.7 Å². The van der Waals surface area contributed by atoms with Crippen molar-refractivity contribution >= 4 is 33.5 Å². The van der Waals surface area contributed by atoms with Gasteiger partial charge in [-0.3, -0.25) is 4.79 Å². The molecular weight excluding hydrogens is 283 g/mol. The lowest BCUT2D eigenvalue weighted by Gasteiger charge is -2.22. The lowest BCUT2D eigenvalue weighted by molar-refractivity contribution is -0.142. The van der Waals surface area contributed by atoms with Crippen molar-refractivity contribution in [2.75, 3.05) is 0 Å². The Labute approximate surface area is 101 Å². The Morgan fingerprint density at radius 1 is 1.60 bits per heavy atom. The summed E-state index contributed by atoms with van der Waals surface area (Å²) in [4.78, 5) is 10.6. The predicted octanol–water partition coefficient (Wildman–Crippen LogP) is 2.78. The molecule has 0 aliphatic rings. The van der Waals surface area contributed by atoms with E-state index in [0.29, 0.717) is 10.6 Å². The van der Waals surface area contributed by atoms with Crippen LogP contribution in [0, 0.1) is 0 Å².